The maximum atomic E-state index is 13.6. The largest absolute Gasteiger partial charge is 0.465 e. The van der Waals surface area contributed by atoms with Gasteiger partial charge >= 0.3 is 18.0 Å². The Balaban J connectivity index is 1.36. The monoisotopic (exact) mass is 553 g/mol. The van der Waals surface area contributed by atoms with Gasteiger partial charge in [0.1, 0.15) is 0 Å². The molecule has 0 aromatic carbocycles. The van der Waals surface area contributed by atoms with Crippen LogP contribution in [0.5, 0.6) is 0 Å². The lowest BCUT2D eigenvalue weighted by Crippen LogP contribution is -2.56. The van der Waals surface area contributed by atoms with Crippen LogP contribution in [0.1, 0.15) is 52.4 Å². The smallest absolute Gasteiger partial charge is 0.324 e. The van der Waals surface area contributed by atoms with E-state index in [-0.39, 0.29) is 35.9 Å². The van der Waals surface area contributed by atoms with Crippen LogP contribution < -0.4 is 5.32 Å². The van der Waals surface area contributed by atoms with Crippen LogP contribution in [-0.4, -0.2) is 102 Å². The first-order chi connectivity index (χ1) is 17.9. The molecule has 1 N–H and O–H groups in total. The van der Waals surface area contributed by atoms with Gasteiger partial charge in [-0.05, 0) is 51.4 Å². The summed E-state index contributed by atoms with van der Waals surface area (Å²) in [5.41, 5.74) is 0. The van der Waals surface area contributed by atoms with Crippen LogP contribution in [0.25, 0.3) is 0 Å². The van der Waals surface area contributed by atoms with Crippen LogP contribution in [-0.2, 0) is 14.3 Å². The number of likely N-dealkylation sites (tertiary alicyclic amines) is 1. The van der Waals surface area contributed by atoms with Gasteiger partial charge in [-0.15, -0.1) is 11.8 Å². The molecule has 2 aliphatic heterocycles. The molecule has 0 bridgehead atoms. The van der Waals surface area contributed by atoms with Crippen LogP contribution in [0.2, 0.25) is 0 Å². The highest BCUT2D eigenvalue weighted by molar-refractivity contribution is 8.01. The number of anilines is 1. The van der Waals surface area contributed by atoms with Crippen LogP contribution in [0.15, 0.2) is 10.4 Å². The summed E-state index contributed by atoms with van der Waals surface area (Å²) < 4.78 is 11.2. The molecular formula is C25H39N5O5S2. The Morgan fingerprint density at radius 1 is 1.08 bits per heavy atom. The number of nitrogens with zero attached hydrogens (tertiary/aromatic N) is 4. The Labute approximate surface area is 227 Å². The van der Waals surface area contributed by atoms with E-state index in [1.807, 2.05) is 9.80 Å². The number of urea groups is 2. The summed E-state index contributed by atoms with van der Waals surface area (Å²) in [5, 5.41) is 3.56. The lowest BCUT2D eigenvalue weighted by molar-refractivity contribution is -0.139. The summed E-state index contributed by atoms with van der Waals surface area (Å²) in [6.45, 7) is 8.20. The number of carbonyl (C=O) groups is 3. The quantitative estimate of drug-likeness (QED) is 0.400. The number of nitrogens with one attached hydrogen (secondary N) is 1. The van der Waals surface area contributed by atoms with Crippen molar-refractivity contribution in [3.05, 3.63) is 6.20 Å². The van der Waals surface area contributed by atoms with E-state index in [0.29, 0.717) is 57.0 Å². The van der Waals surface area contributed by atoms with E-state index in [4.69, 9.17) is 9.47 Å². The predicted octanol–water partition coefficient (Wildman–Crippen LogP) is 4.13. The second kappa shape index (κ2) is 13.7. The Bertz CT molecular complexity index is 909. The fourth-order valence-electron chi connectivity index (χ4n) is 5.31. The van der Waals surface area contributed by atoms with Crippen molar-refractivity contribution in [2.45, 2.75) is 68.7 Å². The third kappa shape index (κ3) is 7.73. The summed E-state index contributed by atoms with van der Waals surface area (Å²) in [6.07, 6.45) is 7.47. The fourth-order valence-corrected chi connectivity index (χ4v) is 6.97. The van der Waals surface area contributed by atoms with E-state index in [1.54, 1.807) is 13.1 Å². The van der Waals surface area contributed by atoms with Crippen molar-refractivity contribution in [1.29, 1.82) is 0 Å². The minimum absolute atomic E-state index is 0.0832. The standard InChI is InChI=1S/C25H39N5O5S2/c1-3-35-21(31)17-36-22-16-26-23(37-22)27-24(32)30(19-6-4-18(2)5-7-19)20-8-10-28(11-9-20)25(33)29-12-14-34-15-13-29/h16,18-20H,3-15,17H2,1-2H3,(H,26,27,32). The number of morpholine rings is 1. The normalized spacial score (nSPS) is 23.0. The lowest BCUT2D eigenvalue weighted by atomic mass is 9.85. The molecule has 0 radical (unpaired) electrons. The lowest BCUT2D eigenvalue weighted by Gasteiger charge is -2.44. The second-order valence-electron chi connectivity index (χ2n) is 9.93. The second-order valence-corrected chi connectivity index (χ2v) is 12.2. The number of hydrogen-bond donors (Lipinski definition) is 1. The van der Waals surface area contributed by atoms with Crippen molar-refractivity contribution in [2.75, 3.05) is 57.1 Å². The molecule has 0 spiro atoms. The number of thiazole rings is 1. The summed E-state index contributed by atoms with van der Waals surface area (Å²) in [4.78, 5) is 48.4. The number of carbonyl (C=O) groups excluding carboxylic acids is 3. The molecule has 4 amide bonds. The zero-order valence-electron chi connectivity index (χ0n) is 21.9. The third-order valence-corrected chi connectivity index (χ3v) is 9.44. The first-order valence-corrected chi connectivity index (χ1v) is 15.2. The molecule has 3 aliphatic rings. The fraction of sp³-hybridized carbons (Fsp3) is 0.760. The van der Waals surface area contributed by atoms with Gasteiger partial charge in [-0.2, -0.15) is 0 Å². The number of rotatable bonds is 7. The van der Waals surface area contributed by atoms with Crippen LogP contribution in [0, 0.1) is 5.92 Å². The number of piperidine rings is 1. The molecule has 1 aromatic heterocycles. The molecule has 1 saturated carbocycles. The highest BCUT2D eigenvalue weighted by atomic mass is 32.2. The summed E-state index contributed by atoms with van der Waals surface area (Å²) in [7, 11) is 0. The van der Waals surface area contributed by atoms with E-state index < -0.39 is 0 Å². The molecule has 12 heteroatoms. The molecule has 206 valence electrons. The molecule has 3 heterocycles. The molecule has 1 aliphatic carbocycles. The predicted molar refractivity (Wildman–Crippen MR) is 144 cm³/mol. The van der Waals surface area contributed by atoms with Gasteiger partial charge in [0.15, 0.2) is 5.13 Å². The van der Waals surface area contributed by atoms with Crippen molar-refractivity contribution in [3.63, 3.8) is 0 Å². The first kappa shape index (κ1) is 28.0. The van der Waals surface area contributed by atoms with E-state index in [1.165, 1.54) is 23.1 Å². The molecule has 2 saturated heterocycles. The topological polar surface area (TPSA) is 104 Å². The average Bonchev–Trinajstić information content (AvgIpc) is 3.36. The summed E-state index contributed by atoms with van der Waals surface area (Å²) >= 11 is 2.73. The van der Waals surface area contributed by atoms with E-state index in [9.17, 15) is 14.4 Å². The van der Waals surface area contributed by atoms with Gasteiger partial charge in [0.25, 0.3) is 0 Å². The highest BCUT2D eigenvalue weighted by Crippen LogP contribution is 2.33. The Kier molecular flexibility index (Phi) is 10.3. The van der Waals surface area contributed by atoms with Gasteiger partial charge in [-0.3, -0.25) is 10.1 Å². The Hall–Kier alpha value is -2.05. The van der Waals surface area contributed by atoms with Gasteiger partial charge in [-0.1, -0.05) is 18.3 Å². The Morgan fingerprint density at radius 3 is 2.41 bits per heavy atom. The van der Waals surface area contributed by atoms with Crippen LogP contribution >= 0.6 is 23.1 Å². The maximum Gasteiger partial charge on any atom is 0.324 e. The van der Waals surface area contributed by atoms with Gasteiger partial charge < -0.3 is 24.2 Å². The first-order valence-electron chi connectivity index (χ1n) is 13.4. The number of esters is 1. The minimum Gasteiger partial charge on any atom is -0.465 e. The van der Waals surface area contributed by atoms with Crippen molar-refractivity contribution < 1.29 is 23.9 Å². The molecule has 0 unspecified atom stereocenters. The van der Waals surface area contributed by atoms with Crippen molar-refractivity contribution in [3.8, 4) is 0 Å². The molecular weight excluding hydrogens is 514 g/mol. The van der Waals surface area contributed by atoms with Crippen molar-refractivity contribution in [1.82, 2.24) is 19.7 Å². The van der Waals surface area contributed by atoms with E-state index in [2.05, 4.69) is 22.1 Å². The van der Waals surface area contributed by atoms with E-state index >= 15 is 0 Å². The van der Waals surface area contributed by atoms with Gasteiger partial charge in [-0.25, -0.2) is 14.6 Å². The number of ether oxygens (including phenoxy) is 2. The molecule has 0 atom stereocenters. The van der Waals surface area contributed by atoms with Crippen LogP contribution in [0.4, 0.5) is 14.7 Å². The molecule has 1 aromatic rings. The number of hydrogen-bond acceptors (Lipinski definition) is 8. The number of amides is 4. The van der Waals surface area contributed by atoms with Gasteiger partial charge in [0.2, 0.25) is 0 Å². The van der Waals surface area contributed by atoms with Gasteiger partial charge in [0.05, 0.1) is 36.0 Å². The molecule has 37 heavy (non-hydrogen) atoms. The Morgan fingerprint density at radius 2 is 1.73 bits per heavy atom. The SMILES string of the molecule is CCOC(=O)CSc1cnc(NC(=O)N(C2CCC(C)CC2)C2CCN(C(=O)N3CCOCC3)CC2)s1. The number of aromatic nitrogens is 1. The highest BCUT2D eigenvalue weighted by Gasteiger charge is 2.36. The minimum atomic E-state index is -0.261. The van der Waals surface area contributed by atoms with E-state index in [0.717, 1.165) is 42.7 Å². The molecule has 10 nitrogen and oxygen atoms in total. The third-order valence-electron chi connectivity index (χ3n) is 7.36. The average molecular weight is 554 g/mol. The molecule has 3 fully saturated rings. The van der Waals surface area contributed by atoms with Gasteiger partial charge in [0, 0.05) is 38.3 Å². The summed E-state index contributed by atoms with van der Waals surface area (Å²) in [5.74, 6) is 0.645. The zero-order valence-corrected chi connectivity index (χ0v) is 23.5. The maximum absolute atomic E-state index is 13.6. The van der Waals surface area contributed by atoms with Crippen molar-refractivity contribution >= 4 is 46.3 Å². The molecule has 4 rings (SSSR count). The van der Waals surface area contributed by atoms with Crippen LogP contribution in [0.3, 0.4) is 0 Å². The summed E-state index contributed by atoms with van der Waals surface area (Å²) in [6, 6.07) is 0.249. The van der Waals surface area contributed by atoms with Crippen molar-refractivity contribution in [2.24, 2.45) is 5.92 Å². The zero-order chi connectivity index (χ0) is 26.2. The number of thioether (sulfide) groups is 1.